The van der Waals surface area contributed by atoms with Crippen LogP contribution < -0.4 is 5.73 Å². The molecule has 0 bridgehead atoms. The predicted molar refractivity (Wildman–Crippen MR) is 64.8 cm³/mol. The van der Waals surface area contributed by atoms with Gasteiger partial charge in [-0.2, -0.15) is 0 Å². The van der Waals surface area contributed by atoms with Gasteiger partial charge in [0, 0.05) is 18.4 Å². The van der Waals surface area contributed by atoms with E-state index in [-0.39, 0.29) is 6.04 Å². The fourth-order valence-corrected chi connectivity index (χ4v) is 3.56. The standard InChI is InChI=1S/C14H20N2/c1-9-6-10(8-16-7-9)14(15)13-11-4-2-3-5-12(11)13/h6-8,11-14H,2-5,15H2,1H3. The minimum Gasteiger partial charge on any atom is -0.324 e. The summed E-state index contributed by atoms with van der Waals surface area (Å²) in [5, 5.41) is 0. The molecule has 86 valence electrons. The average Bonchev–Trinajstić information content (AvgIpc) is 3.02. The first kappa shape index (κ1) is 10.3. The molecule has 2 saturated carbocycles. The number of pyridine rings is 1. The third-order valence-electron chi connectivity index (χ3n) is 4.42. The second-order valence-corrected chi connectivity index (χ2v) is 5.51. The Balaban J connectivity index is 1.76. The molecule has 1 heterocycles. The van der Waals surface area contributed by atoms with Gasteiger partial charge in [0.2, 0.25) is 0 Å². The van der Waals surface area contributed by atoms with Gasteiger partial charge in [0.25, 0.3) is 0 Å². The number of hydrogen-bond donors (Lipinski definition) is 1. The highest BCUT2D eigenvalue weighted by Gasteiger charge is 2.53. The summed E-state index contributed by atoms with van der Waals surface area (Å²) in [5.41, 5.74) is 8.84. The number of aryl methyl sites for hydroxylation is 1. The Morgan fingerprint density at radius 2 is 1.94 bits per heavy atom. The van der Waals surface area contributed by atoms with Crippen LogP contribution in [0.1, 0.15) is 42.9 Å². The lowest BCUT2D eigenvalue weighted by atomic mass is 10.0. The van der Waals surface area contributed by atoms with Gasteiger partial charge in [-0.3, -0.25) is 4.98 Å². The van der Waals surface area contributed by atoms with Crippen molar-refractivity contribution in [2.24, 2.45) is 23.5 Å². The molecular weight excluding hydrogens is 196 g/mol. The van der Waals surface area contributed by atoms with Gasteiger partial charge < -0.3 is 5.73 Å². The summed E-state index contributed by atoms with van der Waals surface area (Å²) in [4.78, 5) is 4.25. The van der Waals surface area contributed by atoms with E-state index in [0.29, 0.717) is 0 Å². The van der Waals surface area contributed by atoms with Gasteiger partial charge in [-0.25, -0.2) is 0 Å². The maximum absolute atomic E-state index is 6.39. The van der Waals surface area contributed by atoms with Crippen LogP contribution in [0.4, 0.5) is 0 Å². The highest BCUT2D eigenvalue weighted by Crippen LogP contribution is 2.59. The van der Waals surface area contributed by atoms with E-state index in [1.165, 1.54) is 36.8 Å². The highest BCUT2D eigenvalue weighted by atomic mass is 14.8. The van der Waals surface area contributed by atoms with E-state index in [4.69, 9.17) is 5.73 Å². The fraction of sp³-hybridized carbons (Fsp3) is 0.643. The number of rotatable bonds is 2. The van der Waals surface area contributed by atoms with Crippen LogP contribution in [0.2, 0.25) is 0 Å². The fourth-order valence-electron chi connectivity index (χ4n) is 3.56. The van der Waals surface area contributed by atoms with E-state index < -0.39 is 0 Å². The zero-order chi connectivity index (χ0) is 11.1. The number of hydrogen-bond acceptors (Lipinski definition) is 2. The van der Waals surface area contributed by atoms with Crippen molar-refractivity contribution >= 4 is 0 Å². The number of aromatic nitrogens is 1. The van der Waals surface area contributed by atoms with Crippen LogP contribution in [-0.2, 0) is 0 Å². The lowest BCUT2D eigenvalue weighted by Gasteiger charge is -2.12. The molecule has 2 N–H and O–H groups in total. The first-order valence-corrected chi connectivity index (χ1v) is 6.44. The molecule has 3 rings (SSSR count). The van der Waals surface area contributed by atoms with Gasteiger partial charge in [-0.1, -0.05) is 18.9 Å². The molecule has 1 aromatic heterocycles. The Hall–Kier alpha value is -0.890. The van der Waals surface area contributed by atoms with Crippen LogP contribution in [0, 0.1) is 24.7 Å². The van der Waals surface area contributed by atoms with Crippen molar-refractivity contribution in [1.29, 1.82) is 0 Å². The summed E-state index contributed by atoms with van der Waals surface area (Å²) in [6, 6.07) is 2.42. The van der Waals surface area contributed by atoms with Crippen LogP contribution in [0.3, 0.4) is 0 Å². The molecule has 0 amide bonds. The van der Waals surface area contributed by atoms with Crippen LogP contribution in [0.15, 0.2) is 18.5 Å². The second-order valence-electron chi connectivity index (χ2n) is 5.51. The van der Waals surface area contributed by atoms with Crippen molar-refractivity contribution in [3.8, 4) is 0 Å². The van der Waals surface area contributed by atoms with Crippen LogP contribution in [0.5, 0.6) is 0 Å². The minimum absolute atomic E-state index is 0.223. The van der Waals surface area contributed by atoms with E-state index in [0.717, 1.165) is 17.8 Å². The molecule has 3 unspecified atom stereocenters. The summed E-state index contributed by atoms with van der Waals surface area (Å²) in [6.07, 6.45) is 9.48. The van der Waals surface area contributed by atoms with Crippen molar-refractivity contribution in [1.82, 2.24) is 4.98 Å². The SMILES string of the molecule is Cc1cncc(C(N)C2C3CCCCC32)c1. The Morgan fingerprint density at radius 1 is 1.25 bits per heavy atom. The smallest absolute Gasteiger partial charge is 0.0344 e. The summed E-state index contributed by atoms with van der Waals surface area (Å²) in [6.45, 7) is 2.09. The molecule has 0 radical (unpaired) electrons. The largest absolute Gasteiger partial charge is 0.324 e. The number of nitrogens with zero attached hydrogens (tertiary/aromatic N) is 1. The first-order chi connectivity index (χ1) is 7.77. The average molecular weight is 216 g/mol. The maximum Gasteiger partial charge on any atom is 0.0344 e. The van der Waals surface area contributed by atoms with E-state index in [1.807, 2.05) is 12.4 Å². The first-order valence-electron chi connectivity index (χ1n) is 6.44. The molecule has 1 aromatic rings. The Morgan fingerprint density at radius 3 is 2.56 bits per heavy atom. The molecule has 2 fully saturated rings. The van der Waals surface area contributed by atoms with Gasteiger partial charge in [0.1, 0.15) is 0 Å². The van der Waals surface area contributed by atoms with E-state index >= 15 is 0 Å². The third-order valence-corrected chi connectivity index (χ3v) is 4.42. The van der Waals surface area contributed by atoms with Gasteiger partial charge >= 0.3 is 0 Å². The van der Waals surface area contributed by atoms with Gasteiger partial charge in [0.05, 0.1) is 0 Å². The number of nitrogens with two attached hydrogens (primary N) is 1. The molecule has 2 heteroatoms. The zero-order valence-corrected chi connectivity index (χ0v) is 9.89. The lowest BCUT2D eigenvalue weighted by Crippen LogP contribution is -2.14. The number of fused-ring (bicyclic) bond motifs is 1. The van der Waals surface area contributed by atoms with Crippen molar-refractivity contribution in [3.63, 3.8) is 0 Å². The quantitative estimate of drug-likeness (QED) is 0.825. The normalized spacial score (nSPS) is 34.2. The summed E-state index contributed by atoms with van der Waals surface area (Å²) in [7, 11) is 0. The Labute approximate surface area is 97.3 Å². The summed E-state index contributed by atoms with van der Waals surface area (Å²) >= 11 is 0. The van der Waals surface area contributed by atoms with E-state index in [1.54, 1.807) is 0 Å². The predicted octanol–water partition coefficient (Wildman–Crippen LogP) is 2.83. The van der Waals surface area contributed by atoms with Crippen molar-refractivity contribution in [2.45, 2.75) is 38.6 Å². The molecule has 3 atom stereocenters. The zero-order valence-electron chi connectivity index (χ0n) is 9.89. The van der Waals surface area contributed by atoms with Crippen LogP contribution in [0.25, 0.3) is 0 Å². The topological polar surface area (TPSA) is 38.9 Å². The van der Waals surface area contributed by atoms with Crippen LogP contribution >= 0.6 is 0 Å². The Bertz CT molecular complexity index is 376. The lowest BCUT2D eigenvalue weighted by molar-refractivity contribution is 0.480. The van der Waals surface area contributed by atoms with Crippen LogP contribution in [-0.4, -0.2) is 4.98 Å². The molecule has 16 heavy (non-hydrogen) atoms. The monoisotopic (exact) mass is 216 g/mol. The van der Waals surface area contributed by atoms with E-state index in [2.05, 4.69) is 18.0 Å². The molecule has 2 aliphatic rings. The van der Waals surface area contributed by atoms with Crippen molar-refractivity contribution < 1.29 is 0 Å². The maximum atomic E-state index is 6.39. The Kier molecular flexibility index (Phi) is 2.47. The van der Waals surface area contributed by atoms with Gasteiger partial charge in [-0.05, 0) is 48.6 Å². The molecule has 2 aliphatic carbocycles. The van der Waals surface area contributed by atoms with Gasteiger partial charge in [-0.15, -0.1) is 0 Å². The summed E-state index contributed by atoms with van der Waals surface area (Å²) < 4.78 is 0. The molecular formula is C14H20N2. The second kappa shape index (κ2) is 3.85. The summed E-state index contributed by atoms with van der Waals surface area (Å²) in [5.74, 6) is 2.58. The van der Waals surface area contributed by atoms with Crippen molar-refractivity contribution in [3.05, 3.63) is 29.6 Å². The molecule has 0 saturated heterocycles. The highest BCUT2D eigenvalue weighted by molar-refractivity contribution is 5.23. The minimum atomic E-state index is 0.223. The molecule has 0 aromatic carbocycles. The van der Waals surface area contributed by atoms with Crippen molar-refractivity contribution in [2.75, 3.05) is 0 Å². The molecule has 0 aliphatic heterocycles. The molecule has 0 spiro atoms. The molecule has 2 nitrogen and oxygen atoms in total. The van der Waals surface area contributed by atoms with Gasteiger partial charge in [0.15, 0.2) is 0 Å². The van der Waals surface area contributed by atoms with E-state index in [9.17, 15) is 0 Å². The third kappa shape index (κ3) is 1.65.